The Labute approximate surface area is 137 Å². The van der Waals surface area contributed by atoms with Crippen molar-refractivity contribution in [1.82, 2.24) is 10.2 Å². The predicted molar refractivity (Wildman–Crippen MR) is 84.3 cm³/mol. The summed E-state index contributed by atoms with van der Waals surface area (Å²) in [7, 11) is 1.71. The maximum Gasteiger partial charge on any atom is 0.256 e. The minimum atomic E-state index is -0.589. The zero-order chi connectivity index (χ0) is 14.0. The number of halogens is 4. The molecule has 1 heterocycles. The monoisotopic (exact) mass is 384 g/mol. The van der Waals surface area contributed by atoms with Gasteiger partial charge in [-0.3, -0.25) is 4.79 Å². The van der Waals surface area contributed by atoms with E-state index in [0.29, 0.717) is 4.47 Å². The van der Waals surface area contributed by atoms with E-state index in [1.807, 2.05) is 0 Å². The Bertz CT molecular complexity index is 496. The van der Waals surface area contributed by atoms with E-state index in [9.17, 15) is 9.18 Å². The number of carbonyl (C=O) groups is 1. The van der Waals surface area contributed by atoms with Crippen LogP contribution < -0.4 is 5.32 Å². The van der Waals surface area contributed by atoms with Crippen LogP contribution >= 0.6 is 39.9 Å². The first kappa shape index (κ1) is 17.7. The van der Waals surface area contributed by atoms with Crippen molar-refractivity contribution >= 4 is 45.8 Å². The molecule has 1 aromatic rings. The fourth-order valence-corrected chi connectivity index (χ4v) is 2.70. The first-order valence-electron chi connectivity index (χ1n) is 6.13. The summed E-state index contributed by atoms with van der Waals surface area (Å²) >= 11 is 9.01. The molecule has 0 spiro atoms. The number of rotatable bonds is 2. The van der Waals surface area contributed by atoms with Gasteiger partial charge in [-0.2, -0.15) is 0 Å². The molecule has 1 aliphatic heterocycles. The van der Waals surface area contributed by atoms with Gasteiger partial charge >= 0.3 is 0 Å². The summed E-state index contributed by atoms with van der Waals surface area (Å²) in [6, 6.07) is 2.70. The second-order valence-corrected chi connectivity index (χ2v) is 5.92. The summed E-state index contributed by atoms with van der Waals surface area (Å²) in [6.07, 6.45) is 1.96. The second-order valence-electron chi connectivity index (χ2n) is 4.66. The molecule has 1 unspecified atom stereocenters. The van der Waals surface area contributed by atoms with Gasteiger partial charge in [0.1, 0.15) is 5.82 Å². The van der Waals surface area contributed by atoms with Gasteiger partial charge in [-0.05, 0) is 47.4 Å². The zero-order valence-corrected chi connectivity index (χ0v) is 14.1. The molecule has 1 saturated heterocycles. The maximum atomic E-state index is 13.8. The highest BCUT2D eigenvalue weighted by molar-refractivity contribution is 9.10. The van der Waals surface area contributed by atoms with Gasteiger partial charge in [0.05, 0.1) is 10.6 Å². The number of hydrogen-bond donors (Lipinski definition) is 1. The fourth-order valence-electron chi connectivity index (χ4n) is 2.21. The van der Waals surface area contributed by atoms with Crippen molar-refractivity contribution < 1.29 is 9.18 Å². The van der Waals surface area contributed by atoms with E-state index in [1.54, 1.807) is 11.9 Å². The van der Waals surface area contributed by atoms with Crippen LogP contribution in [0.1, 0.15) is 23.2 Å². The van der Waals surface area contributed by atoms with Crippen molar-refractivity contribution in [1.29, 1.82) is 0 Å². The van der Waals surface area contributed by atoms with Crippen molar-refractivity contribution in [2.45, 2.75) is 18.9 Å². The Hall–Kier alpha value is -0.360. The molecule has 1 aromatic carbocycles. The number of piperidine rings is 1. The van der Waals surface area contributed by atoms with Crippen LogP contribution in [0.4, 0.5) is 4.39 Å². The fraction of sp³-hybridized carbons (Fsp3) is 0.462. The van der Waals surface area contributed by atoms with Gasteiger partial charge in [-0.25, -0.2) is 4.39 Å². The first-order chi connectivity index (χ1) is 9.00. The molecular weight excluding hydrogens is 370 g/mol. The largest absolute Gasteiger partial charge is 0.337 e. The molecular formula is C13H16BrCl2FN2O. The molecule has 0 saturated carbocycles. The molecule has 112 valence electrons. The molecule has 1 fully saturated rings. The topological polar surface area (TPSA) is 32.3 Å². The third-order valence-electron chi connectivity index (χ3n) is 3.38. The van der Waals surface area contributed by atoms with Crippen molar-refractivity contribution in [3.05, 3.63) is 33.0 Å². The molecule has 1 N–H and O–H groups in total. The summed E-state index contributed by atoms with van der Waals surface area (Å²) in [5.74, 6) is -0.905. The molecule has 0 bridgehead atoms. The molecule has 1 atom stereocenters. The van der Waals surface area contributed by atoms with Gasteiger partial charge < -0.3 is 10.2 Å². The van der Waals surface area contributed by atoms with Gasteiger partial charge in [0.25, 0.3) is 5.91 Å². The molecule has 0 aliphatic carbocycles. The highest BCUT2D eigenvalue weighted by atomic mass is 79.9. The Morgan fingerprint density at radius 1 is 1.55 bits per heavy atom. The van der Waals surface area contributed by atoms with Crippen molar-refractivity contribution in [3.63, 3.8) is 0 Å². The number of carbonyl (C=O) groups excluding carboxylic acids is 1. The molecule has 0 radical (unpaired) electrons. The van der Waals surface area contributed by atoms with Crippen LogP contribution in [0.25, 0.3) is 0 Å². The Balaban J connectivity index is 0.00000200. The van der Waals surface area contributed by atoms with Crippen LogP contribution in [0.3, 0.4) is 0 Å². The predicted octanol–water partition coefficient (Wildman–Crippen LogP) is 3.49. The number of benzene rings is 1. The van der Waals surface area contributed by atoms with Gasteiger partial charge in [0.2, 0.25) is 0 Å². The number of nitrogens with one attached hydrogen (secondary N) is 1. The lowest BCUT2D eigenvalue weighted by molar-refractivity contribution is 0.0703. The molecule has 3 nitrogen and oxygen atoms in total. The quantitative estimate of drug-likeness (QED) is 0.790. The van der Waals surface area contributed by atoms with E-state index < -0.39 is 5.82 Å². The summed E-state index contributed by atoms with van der Waals surface area (Å²) in [4.78, 5) is 13.9. The number of nitrogens with zero attached hydrogens (tertiary/aromatic N) is 1. The molecule has 7 heteroatoms. The first-order valence-corrected chi connectivity index (χ1v) is 7.30. The average Bonchev–Trinajstić information content (AvgIpc) is 2.42. The highest BCUT2D eigenvalue weighted by Gasteiger charge is 2.25. The van der Waals surface area contributed by atoms with E-state index in [-0.39, 0.29) is 34.9 Å². The Morgan fingerprint density at radius 3 is 2.85 bits per heavy atom. The molecule has 0 aromatic heterocycles. The van der Waals surface area contributed by atoms with Crippen LogP contribution in [-0.4, -0.2) is 37.0 Å². The molecule has 20 heavy (non-hydrogen) atoms. The summed E-state index contributed by atoms with van der Waals surface area (Å²) in [5, 5.41) is 3.50. The van der Waals surface area contributed by atoms with Crippen molar-refractivity contribution in [3.8, 4) is 0 Å². The van der Waals surface area contributed by atoms with E-state index in [1.165, 1.54) is 6.07 Å². The van der Waals surface area contributed by atoms with E-state index in [4.69, 9.17) is 11.6 Å². The Morgan fingerprint density at radius 2 is 2.25 bits per heavy atom. The van der Waals surface area contributed by atoms with Crippen LogP contribution in [0.2, 0.25) is 5.02 Å². The van der Waals surface area contributed by atoms with Crippen molar-refractivity contribution in [2.24, 2.45) is 0 Å². The lowest BCUT2D eigenvalue weighted by Gasteiger charge is -2.31. The smallest absolute Gasteiger partial charge is 0.256 e. The SMILES string of the molecule is CN(C(=O)c1cc(Br)c(Cl)cc1F)C1CCCNC1.Cl. The lowest BCUT2D eigenvalue weighted by Crippen LogP contribution is -2.46. The van der Waals surface area contributed by atoms with Crippen molar-refractivity contribution in [2.75, 3.05) is 20.1 Å². The third-order valence-corrected chi connectivity index (χ3v) is 4.58. The molecule has 1 amide bonds. The standard InChI is InChI=1S/C13H15BrClFN2O.ClH/c1-18(8-3-2-4-17-7-8)13(19)9-5-10(14)11(15)6-12(9)16;/h5-6,8,17H,2-4,7H2,1H3;1H. The van der Waals surface area contributed by atoms with E-state index in [0.717, 1.165) is 32.0 Å². The minimum Gasteiger partial charge on any atom is -0.337 e. The molecule has 1 aliphatic rings. The third kappa shape index (κ3) is 3.85. The van der Waals surface area contributed by atoms with Crippen LogP contribution in [0.5, 0.6) is 0 Å². The van der Waals surface area contributed by atoms with E-state index in [2.05, 4.69) is 21.2 Å². The minimum absolute atomic E-state index is 0. The van der Waals surface area contributed by atoms with Crippen LogP contribution in [0.15, 0.2) is 16.6 Å². The second kappa shape index (κ2) is 7.59. The van der Waals surface area contributed by atoms with Gasteiger partial charge in [-0.1, -0.05) is 11.6 Å². The van der Waals surface area contributed by atoms with Gasteiger partial charge in [-0.15, -0.1) is 12.4 Å². The highest BCUT2D eigenvalue weighted by Crippen LogP contribution is 2.26. The zero-order valence-electron chi connectivity index (χ0n) is 11.0. The summed E-state index contributed by atoms with van der Waals surface area (Å²) < 4.78 is 14.4. The summed E-state index contributed by atoms with van der Waals surface area (Å²) in [6.45, 7) is 1.72. The number of hydrogen-bond acceptors (Lipinski definition) is 2. The Kier molecular flexibility index (Phi) is 6.72. The van der Waals surface area contributed by atoms with Gasteiger partial charge in [0, 0.05) is 24.1 Å². The maximum absolute atomic E-state index is 13.8. The van der Waals surface area contributed by atoms with Gasteiger partial charge in [0.15, 0.2) is 0 Å². The average molecular weight is 386 g/mol. The van der Waals surface area contributed by atoms with Crippen LogP contribution in [-0.2, 0) is 0 Å². The number of amides is 1. The van der Waals surface area contributed by atoms with Crippen LogP contribution in [0, 0.1) is 5.82 Å². The normalized spacial score (nSPS) is 18.3. The lowest BCUT2D eigenvalue weighted by atomic mass is 10.1. The van der Waals surface area contributed by atoms with E-state index >= 15 is 0 Å². The molecule has 2 rings (SSSR count). The number of likely N-dealkylation sites (N-methyl/N-ethyl adjacent to an activating group) is 1. The summed E-state index contributed by atoms with van der Waals surface area (Å²) in [5.41, 5.74) is 0.0457.